The molecule has 0 bridgehead atoms. The number of hydrogen-bond acceptors (Lipinski definition) is 6. The molecule has 0 radical (unpaired) electrons. The van der Waals surface area contributed by atoms with Gasteiger partial charge in [-0.15, -0.1) is 11.3 Å². The van der Waals surface area contributed by atoms with E-state index in [1.54, 1.807) is 24.3 Å². The molecule has 4 aromatic rings. The average molecular weight is 532 g/mol. The third-order valence-corrected chi connectivity index (χ3v) is 9.18. The van der Waals surface area contributed by atoms with E-state index < -0.39 is 23.4 Å². The fraction of sp³-hybridized carbons (Fsp3) is 0.182. The van der Waals surface area contributed by atoms with Crippen LogP contribution in [0.15, 0.2) is 96.4 Å². The van der Waals surface area contributed by atoms with Crippen molar-refractivity contribution in [3.8, 4) is 5.75 Å². The lowest BCUT2D eigenvalue weighted by Crippen LogP contribution is -2.48. The molecule has 7 rings (SSSR count). The van der Waals surface area contributed by atoms with Crippen LogP contribution < -0.4 is 9.64 Å². The Morgan fingerprint density at radius 1 is 0.897 bits per heavy atom. The maximum atomic E-state index is 14.7. The molecule has 6 heteroatoms. The van der Waals surface area contributed by atoms with E-state index in [-0.39, 0.29) is 17.3 Å². The van der Waals surface area contributed by atoms with Gasteiger partial charge in [0.2, 0.25) is 0 Å². The number of ketones is 3. The third kappa shape index (κ3) is 3.15. The van der Waals surface area contributed by atoms with Crippen molar-refractivity contribution in [1.29, 1.82) is 0 Å². The van der Waals surface area contributed by atoms with Crippen molar-refractivity contribution in [1.82, 2.24) is 0 Å². The number of carbonyl (C=O) groups excluding carboxylic acids is 3. The van der Waals surface area contributed by atoms with E-state index in [1.807, 2.05) is 90.0 Å². The minimum atomic E-state index is -1.53. The average Bonchev–Trinajstić information content (AvgIpc) is 3.67. The summed E-state index contributed by atoms with van der Waals surface area (Å²) in [7, 11) is 0. The second-order valence-electron chi connectivity index (χ2n) is 10.1. The molecule has 0 saturated carbocycles. The van der Waals surface area contributed by atoms with E-state index >= 15 is 0 Å². The van der Waals surface area contributed by atoms with Crippen molar-refractivity contribution in [2.24, 2.45) is 5.41 Å². The number of hydrogen-bond donors (Lipinski definition) is 0. The molecular weight excluding hydrogens is 506 g/mol. The summed E-state index contributed by atoms with van der Waals surface area (Å²) in [6.45, 7) is 2.32. The molecule has 1 fully saturated rings. The molecule has 0 amide bonds. The summed E-state index contributed by atoms with van der Waals surface area (Å²) in [6, 6.07) is 24.7. The van der Waals surface area contributed by atoms with E-state index in [1.165, 1.54) is 11.3 Å². The van der Waals surface area contributed by atoms with Gasteiger partial charge in [0.05, 0.1) is 17.5 Å². The first-order valence-corrected chi connectivity index (χ1v) is 14.0. The van der Waals surface area contributed by atoms with E-state index in [2.05, 4.69) is 0 Å². The Balaban J connectivity index is 1.57. The Kier molecular flexibility index (Phi) is 5.42. The quantitative estimate of drug-likeness (QED) is 0.218. The molecule has 39 heavy (non-hydrogen) atoms. The highest BCUT2D eigenvalue weighted by molar-refractivity contribution is 7.12. The van der Waals surface area contributed by atoms with Crippen LogP contribution in [-0.4, -0.2) is 36.0 Å². The van der Waals surface area contributed by atoms with Crippen LogP contribution in [0, 0.1) is 5.41 Å². The normalized spacial score (nSPS) is 22.1. The molecule has 5 nitrogen and oxygen atoms in total. The highest BCUT2D eigenvalue weighted by Crippen LogP contribution is 2.62. The van der Waals surface area contributed by atoms with E-state index in [0.717, 1.165) is 11.3 Å². The van der Waals surface area contributed by atoms with Crippen LogP contribution in [0.25, 0.3) is 6.08 Å². The number of para-hydroxylation sites is 2. The summed E-state index contributed by atoms with van der Waals surface area (Å²) in [5.41, 5.74) is 1.78. The maximum Gasteiger partial charge on any atom is 0.195 e. The van der Waals surface area contributed by atoms with Gasteiger partial charge in [0.25, 0.3) is 0 Å². The molecule has 1 saturated heterocycles. The van der Waals surface area contributed by atoms with Crippen molar-refractivity contribution in [2.45, 2.75) is 24.9 Å². The van der Waals surface area contributed by atoms with E-state index in [4.69, 9.17) is 4.74 Å². The monoisotopic (exact) mass is 531 g/mol. The van der Waals surface area contributed by atoms with E-state index in [9.17, 15) is 14.4 Å². The highest BCUT2D eigenvalue weighted by Gasteiger charge is 2.72. The lowest BCUT2D eigenvalue weighted by atomic mass is 9.64. The van der Waals surface area contributed by atoms with Gasteiger partial charge in [-0.25, -0.2) is 0 Å². The van der Waals surface area contributed by atoms with Crippen LogP contribution in [-0.2, 0) is 0 Å². The summed E-state index contributed by atoms with van der Waals surface area (Å²) in [4.78, 5) is 46.5. The van der Waals surface area contributed by atoms with Gasteiger partial charge in [0, 0.05) is 28.3 Å². The fourth-order valence-electron chi connectivity index (χ4n) is 6.85. The zero-order chi connectivity index (χ0) is 26.7. The summed E-state index contributed by atoms with van der Waals surface area (Å²) in [5, 5.41) is 1.88. The molecule has 0 N–H and O–H groups in total. The Morgan fingerprint density at radius 2 is 1.59 bits per heavy atom. The molecule has 1 spiro atoms. The lowest BCUT2D eigenvalue weighted by molar-refractivity contribution is 0.0664. The molecule has 1 aromatic heterocycles. The van der Waals surface area contributed by atoms with Gasteiger partial charge in [-0.3, -0.25) is 14.4 Å². The zero-order valence-corrected chi connectivity index (χ0v) is 22.1. The molecule has 1 aliphatic carbocycles. The number of ether oxygens (including phenoxy) is 1. The van der Waals surface area contributed by atoms with Gasteiger partial charge in [0.15, 0.2) is 17.3 Å². The highest BCUT2D eigenvalue weighted by atomic mass is 32.1. The molecule has 3 atom stereocenters. The number of nitrogens with zero attached hydrogens (tertiary/aromatic N) is 1. The van der Waals surface area contributed by atoms with Crippen molar-refractivity contribution in [3.63, 3.8) is 0 Å². The van der Waals surface area contributed by atoms with Crippen LogP contribution >= 0.6 is 11.3 Å². The van der Waals surface area contributed by atoms with Crippen molar-refractivity contribution in [3.05, 3.63) is 124 Å². The Labute approximate surface area is 230 Å². The molecule has 3 unspecified atom stereocenters. The molecule has 192 valence electrons. The Morgan fingerprint density at radius 3 is 2.31 bits per heavy atom. The molecule has 3 aliphatic rings. The zero-order valence-electron chi connectivity index (χ0n) is 21.2. The second kappa shape index (κ2) is 8.89. The van der Waals surface area contributed by atoms with Gasteiger partial charge in [0.1, 0.15) is 17.2 Å². The van der Waals surface area contributed by atoms with E-state index in [0.29, 0.717) is 33.9 Å². The Bertz CT molecular complexity index is 1640. The summed E-state index contributed by atoms with van der Waals surface area (Å²) < 4.78 is 6.07. The van der Waals surface area contributed by atoms with Crippen LogP contribution in [0.5, 0.6) is 5.75 Å². The predicted molar refractivity (Wildman–Crippen MR) is 152 cm³/mol. The van der Waals surface area contributed by atoms with Crippen LogP contribution in [0.3, 0.4) is 0 Å². The minimum Gasteiger partial charge on any atom is -0.494 e. The third-order valence-electron chi connectivity index (χ3n) is 8.30. The number of anilines is 1. The van der Waals surface area contributed by atoms with Crippen LogP contribution in [0.4, 0.5) is 5.69 Å². The topological polar surface area (TPSA) is 63.7 Å². The summed E-state index contributed by atoms with van der Waals surface area (Å²) in [6.07, 6.45) is 3.92. The number of benzene rings is 3. The van der Waals surface area contributed by atoms with Crippen LogP contribution in [0.1, 0.15) is 54.4 Å². The molecular formula is C33H25NO4S. The van der Waals surface area contributed by atoms with Gasteiger partial charge >= 0.3 is 0 Å². The maximum absolute atomic E-state index is 14.7. The molecule has 3 aromatic carbocycles. The number of carbonyl (C=O) groups is 3. The largest absolute Gasteiger partial charge is 0.494 e. The summed E-state index contributed by atoms with van der Waals surface area (Å²) in [5.74, 6) is -0.769. The van der Waals surface area contributed by atoms with Crippen molar-refractivity contribution < 1.29 is 19.1 Å². The smallest absolute Gasteiger partial charge is 0.195 e. The van der Waals surface area contributed by atoms with Gasteiger partial charge in [-0.05, 0) is 36.1 Å². The van der Waals surface area contributed by atoms with Crippen LogP contribution in [0.2, 0.25) is 0 Å². The Hall–Kier alpha value is -4.29. The number of thiophene rings is 1. The number of Topliss-reactive ketones (excluding diaryl/α,β-unsaturated/α-hetero) is 3. The second-order valence-corrected chi connectivity index (χ2v) is 11.0. The summed E-state index contributed by atoms with van der Waals surface area (Å²) >= 11 is 1.37. The molecule has 3 heterocycles. The first-order chi connectivity index (χ1) is 19.1. The first kappa shape index (κ1) is 23.8. The molecule has 2 aliphatic heterocycles. The number of rotatable bonds is 5. The van der Waals surface area contributed by atoms with Crippen molar-refractivity contribution >= 4 is 40.4 Å². The number of fused-ring (bicyclic) bond motifs is 5. The SMILES string of the molecule is CCOc1ccccc1C1C(C(=O)c2cccs2)N2c3ccccc3C=CC2C12C(=O)c1ccccc1C2=O. The van der Waals surface area contributed by atoms with Gasteiger partial charge in [-0.2, -0.15) is 0 Å². The van der Waals surface area contributed by atoms with Gasteiger partial charge in [-0.1, -0.05) is 78.9 Å². The predicted octanol–water partition coefficient (Wildman–Crippen LogP) is 6.46. The first-order valence-electron chi connectivity index (χ1n) is 13.1. The lowest BCUT2D eigenvalue weighted by Gasteiger charge is -2.37. The van der Waals surface area contributed by atoms with Crippen molar-refractivity contribution in [2.75, 3.05) is 11.5 Å². The minimum absolute atomic E-state index is 0.107. The fourth-order valence-corrected chi connectivity index (χ4v) is 7.55. The standard InChI is InChI=1S/C33H25NO4S/c1-2-38-25-15-8-6-13-23(25)28-29(30(35)26-16-9-19-39-26)34-24-14-7-3-10-20(24)17-18-27(34)33(28)31(36)21-11-4-5-12-22(21)32(33)37/h3-19,27-29H,2H2,1H3. The van der Waals surface area contributed by atoms with Gasteiger partial charge < -0.3 is 9.64 Å².